The molecule has 0 saturated carbocycles. The Bertz CT molecular complexity index is 2290. The van der Waals surface area contributed by atoms with E-state index in [4.69, 9.17) is 56.8 Å². The molecule has 16 nitrogen and oxygen atoms in total. The summed E-state index contributed by atoms with van der Waals surface area (Å²) in [6.07, 6.45) is 5.85. The Balaban J connectivity index is 0.000000156. The second-order valence-corrected chi connectivity index (χ2v) is 23.2. The fourth-order valence-electron chi connectivity index (χ4n) is 12.8. The molecule has 12 saturated heterocycles. The van der Waals surface area contributed by atoms with Gasteiger partial charge >= 0.3 is 11.9 Å². The molecule has 12 heterocycles. The Labute approximate surface area is 436 Å². The number of halogens is 2. The predicted octanol–water partition coefficient (Wildman–Crippen LogP) is 7.49. The maximum absolute atomic E-state index is 12.7. The first kappa shape index (κ1) is 51.2. The summed E-state index contributed by atoms with van der Waals surface area (Å²) in [6.45, 7) is 7.99. The van der Waals surface area contributed by atoms with Gasteiger partial charge < -0.3 is 66.7 Å². The van der Waals surface area contributed by atoms with Crippen molar-refractivity contribution >= 4 is 50.1 Å². The first-order valence-electron chi connectivity index (χ1n) is 25.8. The van der Waals surface area contributed by atoms with Gasteiger partial charge in [0.15, 0.2) is 11.6 Å². The number of fused-ring (bicyclic) bond motifs is 2. The molecule has 72 heavy (non-hydrogen) atoms. The van der Waals surface area contributed by atoms with Crippen LogP contribution in [0.2, 0.25) is 0 Å². The van der Waals surface area contributed by atoms with Crippen LogP contribution in [0, 0.1) is 0 Å². The van der Waals surface area contributed by atoms with E-state index < -0.39 is 17.7 Å². The quantitative estimate of drug-likeness (QED) is 0.114. The van der Waals surface area contributed by atoms with Crippen LogP contribution in [0.5, 0.6) is 0 Å². The van der Waals surface area contributed by atoms with Crippen molar-refractivity contribution in [2.45, 2.75) is 211 Å². The summed E-state index contributed by atoms with van der Waals surface area (Å²) < 4.78 is 78.3. The normalized spacial score (nSPS) is 40.9. The molecule has 4 unspecified atom stereocenters. The van der Waals surface area contributed by atoms with Gasteiger partial charge in [0.1, 0.15) is 79.5 Å². The number of hydrogen-bond donors (Lipinski definition) is 1. The summed E-state index contributed by atoms with van der Waals surface area (Å²) >= 11 is 6.85. The predicted molar refractivity (Wildman–Crippen MR) is 262 cm³/mol. The summed E-state index contributed by atoms with van der Waals surface area (Å²) in [5, 5.41) is 9.42. The molecule has 0 amide bonds. The molecule has 1 N–H and O–H groups in total. The van der Waals surface area contributed by atoms with E-state index in [0.29, 0.717) is 75.3 Å². The number of hydrogen-bond acceptors (Lipinski definition) is 16. The molecule has 0 aliphatic carbocycles. The first-order valence-corrected chi connectivity index (χ1v) is 27.3. The van der Waals surface area contributed by atoms with Gasteiger partial charge in [0.2, 0.25) is 0 Å². The summed E-state index contributed by atoms with van der Waals surface area (Å²) in [5.74, 6) is -2.44. The van der Waals surface area contributed by atoms with Crippen LogP contribution in [-0.2, 0) is 61.6 Å². The summed E-state index contributed by atoms with van der Waals surface area (Å²) in [7, 11) is 0. The van der Waals surface area contributed by atoms with E-state index >= 15 is 0 Å². The lowest BCUT2D eigenvalue weighted by molar-refractivity contribution is -0.293. The Morgan fingerprint density at radius 2 is 1.00 bits per heavy atom. The lowest BCUT2D eigenvalue weighted by Gasteiger charge is -2.47. The lowest BCUT2D eigenvalue weighted by Crippen LogP contribution is -2.61. The van der Waals surface area contributed by atoms with Crippen LogP contribution in [-0.4, -0.2) is 151 Å². The lowest BCUT2D eigenvalue weighted by atomic mass is 9.87. The third-order valence-electron chi connectivity index (χ3n) is 16.0. The van der Waals surface area contributed by atoms with Gasteiger partial charge in [0.25, 0.3) is 0 Å². The third kappa shape index (κ3) is 10.5. The molecule has 12 fully saturated rings. The monoisotopic (exact) mass is 1130 g/mol. The number of carbonyl (C=O) groups is 3. The smallest absolute Gasteiger partial charge is 0.338 e. The van der Waals surface area contributed by atoms with Gasteiger partial charge in [0, 0.05) is 51.6 Å². The highest BCUT2D eigenvalue weighted by Gasteiger charge is 2.70. The van der Waals surface area contributed by atoms with E-state index in [2.05, 4.69) is 45.0 Å². The average Bonchev–Trinajstić information content (AvgIpc) is 4.00. The molecular weight excluding hydrogens is 1060 g/mol. The van der Waals surface area contributed by atoms with Gasteiger partial charge in [-0.2, -0.15) is 0 Å². The van der Waals surface area contributed by atoms with Crippen molar-refractivity contribution in [3.8, 4) is 0 Å². The molecule has 12 bridgehead atoms. The Kier molecular flexibility index (Phi) is 15.3. The minimum absolute atomic E-state index is 0.0148. The molecule has 0 spiro atoms. The van der Waals surface area contributed by atoms with E-state index in [1.807, 2.05) is 36.4 Å². The van der Waals surface area contributed by atoms with E-state index in [1.54, 1.807) is 24.3 Å². The van der Waals surface area contributed by atoms with Crippen molar-refractivity contribution in [2.75, 3.05) is 6.61 Å². The highest BCUT2D eigenvalue weighted by atomic mass is 79.9. The maximum atomic E-state index is 12.7. The molecule has 2 aromatic rings. The molecule has 0 radical (unpaired) electrons. The van der Waals surface area contributed by atoms with Crippen molar-refractivity contribution < 1.29 is 76.3 Å². The molecule has 20 atom stereocenters. The fourth-order valence-corrected chi connectivity index (χ4v) is 13.6. The fraction of sp³-hybridized carbons (Fsp3) is 0.648. The van der Waals surface area contributed by atoms with Crippen LogP contribution < -0.4 is 0 Å². The molecule has 14 rings (SSSR count). The summed E-state index contributed by atoms with van der Waals surface area (Å²) in [6, 6.07) is 18.0. The highest BCUT2D eigenvalue weighted by molar-refractivity contribution is 9.12. The number of aliphatic hydroxyl groups excluding tert-OH is 1. The molecular formula is C54H64Br2O16. The van der Waals surface area contributed by atoms with Crippen LogP contribution in [0.1, 0.15) is 111 Å². The average molecular weight is 1130 g/mol. The van der Waals surface area contributed by atoms with Crippen LogP contribution in [0.4, 0.5) is 0 Å². The van der Waals surface area contributed by atoms with Crippen LogP contribution in [0.3, 0.4) is 0 Å². The zero-order valence-corrected chi connectivity index (χ0v) is 43.3. The maximum Gasteiger partial charge on any atom is 0.338 e. The van der Waals surface area contributed by atoms with Crippen LogP contribution in [0.15, 0.2) is 82.8 Å². The minimum Gasteiger partial charge on any atom is -0.458 e. The zero-order valence-electron chi connectivity index (χ0n) is 40.1. The third-order valence-corrected chi connectivity index (χ3v) is 16.7. The first-order chi connectivity index (χ1) is 34.9. The van der Waals surface area contributed by atoms with E-state index in [-0.39, 0.29) is 122 Å². The number of aldehydes is 1. The number of rotatable bonds is 18. The number of benzene rings is 2. The van der Waals surface area contributed by atoms with Crippen LogP contribution in [0.25, 0.3) is 0 Å². The van der Waals surface area contributed by atoms with Gasteiger partial charge in [-0.25, -0.2) is 9.59 Å². The largest absolute Gasteiger partial charge is 0.458 e. The summed E-state index contributed by atoms with van der Waals surface area (Å²) in [4.78, 5) is 36.6. The number of esters is 2. The van der Waals surface area contributed by atoms with Gasteiger partial charge in [-0.15, -0.1) is 0 Å². The molecule has 18 heteroatoms. The van der Waals surface area contributed by atoms with Gasteiger partial charge in [0.05, 0.1) is 47.8 Å². The van der Waals surface area contributed by atoms with Crippen molar-refractivity contribution in [1.82, 2.24) is 0 Å². The highest BCUT2D eigenvalue weighted by Crippen LogP contribution is 2.56. The standard InChI is InChI=1S/C27H33BrO8.C27H31BrO8/c2*1-15(28)13-18(32-26(30)16-5-3-2-4-6-16)9-11-27-14-20-22(35-27)23-24(34-20)25(36-27)21-19(33-23)8-7-17(31-21)10-12-29/h2-6,17-25,29H,1,7-14H2;2-6,12,17-25H,1,7-11,13-14H2/t2*17-,18-,19+,20?,21+,22+,23+,24-,25?,27+/m11/s1. The van der Waals surface area contributed by atoms with Gasteiger partial charge in [-0.1, -0.05) is 81.4 Å². The number of carbonyl (C=O) groups excluding carboxylic acids is 3. The van der Waals surface area contributed by atoms with Crippen molar-refractivity contribution in [3.05, 3.63) is 93.9 Å². The Morgan fingerprint density at radius 3 is 1.44 bits per heavy atom. The zero-order chi connectivity index (χ0) is 49.7. The van der Waals surface area contributed by atoms with E-state index in [0.717, 1.165) is 40.9 Å². The molecule has 2 aromatic carbocycles. The van der Waals surface area contributed by atoms with E-state index in [1.165, 1.54) is 0 Å². The van der Waals surface area contributed by atoms with Crippen LogP contribution >= 0.6 is 31.9 Å². The second kappa shape index (κ2) is 21.6. The SMILES string of the molecule is C=C(Br)C[C@@H](CC[C@@]12CC3O[C@H]4C(O1)[C@H]1O[C@@H](CC=O)CC[C@@H]1O[C@H]4[C@H]3O2)OC(=O)c1ccccc1.C=C(Br)C[C@@H](CC[C@@]12CC3O[C@H]4C(O1)[C@H]1O[C@@H](CCO)CC[C@@H]1O[C@H]4[C@H]3O2)OC(=O)c1ccccc1. The second-order valence-electron chi connectivity index (χ2n) is 20.9. The van der Waals surface area contributed by atoms with Gasteiger partial charge in [-0.05, 0) is 78.2 Å². The number of aliphatic hydroxyl groups is 1. The van der Waals surface area contributed by atoms with Gasteiger partial charge in [-0.3, -0.25) is 0 Å². The van der Waals surface area contributed by atoms with Crippen molar-refractivity contribution in [3.63, 3.8) is 0 Å². The Morgan fingerprint density at radius 1 is 0.583 bits per heavy atom. The summed E-state index contributed by atoms with van der Waals surface area (Å²) in [5.41, 5.74) is 1.02. The van der Waals surface area contributed by atoms with Crippen molar-refractivity contribution in [2.24, 2.45) is 0 Å². The minimum atomic E-state index is -0.867. The molecule has 12 aliphatic heterocycles. The molecule has 0 aromatic heterocycles. The topological polar surface area (TPSA) is 182 Å². The molecule has 390 valence electrons. The van der Waals surface area contributed by atoms with E-state index in [9.17, 15) is 19.5 Å². The van der Waals surface area contributed by atoms with Crippen molar-refractivity contribution in [1.29, 1.82) is 0 Å². The number of ether oxygens (including phenoxy) is 12. The Hall–Kier alpha value is -2.95. The molecule has 12 aliphatic rings.